The maximum absolute atomic E-state index is 12.4. The fourth-order valence-electron chi connectivity index (χ4n) is 3.15. The average Bonchev–Trinajstić information content (AvgIpc) is 3.12. The lowest BCUT2D eigenvalue weighted by atomic mass is 10.2. The first-order valence-corrected chi connectivity index (χ1v) is 11.8. The van der Waals surface area contributed by atoms with Crippen LogP contribution < -0.4 is 15.0 Å². The van der Waals surface area contributed by atoms with Crippen LogP contribution in [0.3, 0.4) is 0 Å². The minimum Gasteiger partial charge on any atom is -0.496 e. The molecule has 0 saturated carbocycles. The van der Waals surface area contributed by atoms with Crippen molar-refractivity contribution in [3.05, 3.63) is 52.1 Å². The van der Waals surface area contributed by atoms with Crippen molar-refractivity contribution in [1.82, 2.24) is 0 Å². The zero-order valence-corrected chi connectivity index (χ0v) is 18.6. The van der Waals surface area contributed by atoms with Crippen molar-refractivity contribution in [1.29, 1.82) is 0 Å². The molecule has 12 nitrogen and oxygen atoms in total. The summed E-state index contributed by atoms with van der Waals surface area (Å²) in [6, 6.07) is 8.60. The third-order valence-electron chi connectivity index (χ3n) is 4.72. The average molecular weight is 492 g/mol. The van der Waals surface area contributed by atoms with Gasteiger partial charge in [-0.2, -0.15) is 0 Å². The van der Waals surface area contributed by atoms with Crippen LogP contribution in [0.15, 0.2) is 45.7 Å². The van der Waals surface area contributed by atoms with E-state index in [4.69, 9.17) is 9.47 Å². The third kappa shape index (κ3) is 4.75. The molecule has 4 rings (SSSR count). The van der Waals surface area contributed by atoms with Crippen LogP contribution in [0.2, 0.25) is 0 Å². The van der Waals surface area contributed by atoms with Crippen LogP contribution in [0, 0.1) is 10.1 Å². The molecule has 1 amide bonds. The number of sulfonamides is 1. The predicted octanol–water partition coefficient (Wildman–Crippen LogP) is 2.01. The van der Waals surface area contributed by atoms with E-state index in [1.165, 1.54) is 31.4 Å². The van der Waals surface area contributed by atoms with Crippen LogP contribution in [-0.4, -0.2) is 56.4 Å². The number of anilines is 2. The van der Waals surface area contributed by atoms with Gasteiger partial charge in [-0.25, -0.2) is 13.2 Å². The molecule has 2 aliphatic heterocycles. The molecule has 0 aliphatic carbocycles. The Hall–Kier alpha value is -3.65. The number of carbonyl (C=O) groups excluding carboxylic acids is 2. The van der Waals surface area contributed by atoms with Gasteiger partial charge in [0.2, 0.25) is 0 Å². The number of nitrogens with one attached hydrogen (secondary N) is 1. The molecule has 0 bridgehead atoms. The topological polar surface area (TPSA) is 158 Å². The van der Waals surface area contributed by atoms with Crippen LogP contribution in [0.25, 0.3) is 0 Å². The minimum absolute atomic E-state index is 0.0665. The Bertz CT molecular complexity index is 1310. The number of rotatable bonds is 6. The molecule has 33 heavy (non-hydrogen) atoms. The summed E-state index contributed by atoms with van der Waals surface area (Å²) in [5.74, 6) is -1.39. The van der Waals surface area contributed by atoms with Gasteiger partial charge in [-0.05, 0) is 42.1 Å². The van der Waals surface area contributed by atoms with Crippen molar-refractivity contribution < 1.29 is 32.4 Å². The Morgan fingerprint density at radius 3 is 2.79 bits per heavy atom. The number of nitro benzene ring substituents is 1. The number of ether oxygens (including phenoxy) is 2. The lowest BCUT2D eigenvalue weighted by Crippen LogP contribution is -2.35. The van der Waals surface area contributed by atoms with Gasteiger partial charge in [0.05, 0.1) is 35.1 Å². The van der Waals surface area contributed by atoms with Crippen LogP contribution in [0.4, 0.5) is 17.1 Å². The first-order valence-electron chi connectivity index (χ1n) is 9.38. The number of carbonyl (C=O) groups is 2. The second-order valence-electron chi connectivity index (χ2n) is 6.86. The Morgan fingerprint density at radius 2 is 2.06 bits per heavy atom. The third-order valence-corrected chi connectivity index (χ3v) is 7.02. The quantitative estimate of drug-likeness (QED) is 0.359. The van der Waals surface area contributed by atoms with Crippen molar-refractivity contribution in [2.75, 3.05) is 36.2 Å². The van der Waals surface area contributed by atoms with E-state index < -0.39 is 33.4 Å². The number of methoxy groups -OCH3 is 1. The van der Waals surface area contributed by atoms with Gasteiger partial charge in [-0.1, -0.05) is 0 Å². The van der Waals surface area contributed by atoms with Crippen molar-refractivity contribution in [3.63, 3.8) is 0 Å². The van der Waals surface area contributed by atoms with E-state index in [1.807, 2.05) is 0 Å². The number of hydrogen-bond acceptors (Lipinski definition) is 10. The number of amidine groups is 1. The fraction of sp³-hybridized carbons (Fsp3) is 0.211. The molecule has 0 spiro atoms. The number of amides is 1. The Kier molecular flexibility index (Phi) is 5.95. The highest BCUT2D eigenvalue weighted by Crippen LogP contribution is 2.42. The van der Waals surface area contributed by atoms with Crippen LogP contribution in [0.1, 0.15) is 10.4 Å². The van der Waals surface area contributed by atoms with E-state index in [2.05, 4.69) is 9.71 Å². The summed E-state index contributed by atoms with van der Waals surface area (Å²) in [4.78, 5) is 37.5. The van der Waals surface area contributed by atoms with Gasteiger partial charge in [0.25, 0.3) is 21.6 Å². The molecule has 0 fully saturated rings. The zero-order valence-electron chi connectivity index (χ0n) is 17.0. The van der Waals surface area contributed by atoms with E-state index in [1.54, 1.807) is 11.0 Å². The largest absolute Gasteiger partial charge is 0.496 e. The molecule has 2 heterocycles. The summed E-state index contributed by atoms with van der Waals surface area (Å²) >= 11 is 1.12. The highest BCUT2D eigenvalue weighted by atomic mass is 32.2. The van der Waals surface area contributed by atoms with Crippen molar-refractivity contribution in [2.45, 2.75) is 4.90 Å². The summed E-state index contributed by atoms with van der Waals surface area (Å²) in [5, 5.41) is 13.9. The summed E-state index contributed by atoms with van der Waals surface area (Å²) in [5.41, 5.74) is 0.455. The first-order chi connectivity index (χ1) is 15.7. The van der Waals surface area contributed by atoms with Crippen molar-refractivity contribution >= 4 is 55.9 Å². The van der Waals surface area contributed by atoms with Gasteiger partial charge >= 0.3 is 5.97 Å². The van der Waals surface area contributed by atoms with Gasteiger partial charge in [0, 0.05) is 11.4 Å². The van der Waals surface area contributed by atoms with Crippen LogP contribution in [-0.2, 0) is 19.6 Å². The van der Waals surface area contributed by atoms with E-state index in [0.29, 0.717) is 10.1 Å². The second kappa shape index (κ2) is 8.71. The number of thioether (sulfide) groups is 1. The van der Waals surface area contributed by atoms with E-state index in [-0.39, 0.29) is 35.0 Å². The summed E-state index contributed by atoms with van der Waals surface area (Å²) < 4.78 is 37.1. The molecule has 2 aromatic carbocycles. The molecule has 2 aromatic rings. The Balaban J connectivity index is 1.41. The summed E-state index contributed by atoms with van der Waals surface area (Å²) in [7, 11) is -2.14. The van der Waals surface area contributed by atoms with Gasteiger partial charge in [0.15, 0.2) is 11.8 Å². The zero-order chi connectivity index (χ0) is 23.8. The maximum Gasteiger partial charge on any atom is 0.338 e. The number of nitrogens with zero attached hydrogens (tertiary/aromatic N) is 3. The molecule has 0 saturated heterocycles. The number of esters is 1. The molecular weight excluding hydrogens is 476 g/mol. The van der Waals surface area contributed by atoms with Gasteiger partial charge in [-0.15, -0.1) is 4.40 Å². The first kappa shape index (κ1) is 22.5. The van der Waals surface area contributed by atoms with Crippen molar-refractivity contribution in [2.24, 2.45) is 4.40 Å². The number of benzene rings is 2. The second-order valence-corrected chi connectivity index (χ2v) is 9.62. The Morgan fingerprint density at radius 1 is 1.27 bits per heavy atom. The molecular formula is C19H16N4O8S2. The normalized spacial score (nSPS) is 15.7. The lowest BCUT2D eigenvalue weighted by Gasteiger charge is -2.22. The minimum atomic E-state index is -3.50. The SMILES string of the molecule is COc1ccc(NC(=O)COC(=O)c2ccc3c(c2)SC2=NS(=O)(=O)CCN23)c([N+](=O)[O-])c1. The van der Waals surface area contributed by atoms with Crippen LogP contribution >= 0.6 is 11.8 Å². The molecule has 0 aromatic heterocycles. The highest BCUT2D eigenvalue weighted by molar-refractivity contribution is 8.15. The smallest absolute Gasteiger partial charge is 0.338 e. The molecule has 14 heteroatoms. The summed E-state index contributed by atoms with van der Waals surface area (Å²) in [6.45, 7) is -0.397. The molecule has 0 unspecified atom stereocenters. The van der Waals surface area contributed by atoms with E-state index in [9.17, 15) is 28.1 Å². The van der Waals surface area contributed by atoms with Gasteiger partial charge in [0.1, 0.15) is 11.4 Å². The monoisotopic (exact) mass is 492 g/mol. The van der Waals surface area contributed by atoms with E-state index in [0.717, 1.165) is 23.5 Å². The maximum atomic E-state index is 12.4. The van der Waals surface area contributed by atoms with E-state index >= 15 is 0 Å². The fourth-order valence-corrected chi connectivity index (χ4v) is 5.45. The van der Waals surface area contributed by atoms with Crippen molar-refractivity contribution in [3.8, 4) is 5.75 Å². The Labute approximate surface area is 191 Å². The number of hydrogen-bond donors (Lipinski definition) is 1. The molecule has 172 valence electrons. The van der Waals surface area contributed by atoms with Crippen LogP contribution in [0.5, 0.6) is 5.75 Å². The predicted molar refractivity (Wildman–Crippen MR) is 119 cm³/mol. The number of fused-ring (bicyclic) bond motifs is 3. The van der Waals surface area contributed by atoms with Gasteiger partial charge in [-0.3, -0.25) is 14.9 Å². The molecule has 2 aliphatic rings. The molecule has 0 atom stereocenters. The highest BCUT2D eigenvalue weighted by Gasteiger charge is 2.33. The number of nitro groups is 1. The summed E-state index contributed by atoms with van der Waals surface area (Å²) in [6.07, 6.45) is 0. The lowest BCUT2D eigenvalue weighted by molar-refractivity contribution is -0.384. The van der Waals surface area contributed by atoms with Gasteiger partial charge < -0.3 is 19.7 Å². The standard InChI is InChI=1S/C19H16N4O8S2/c1-30-12-3-4-13(15(9-12)23(26)27)20-17(24)10-31-18(25)11-2-5-14-16(8-11)32-19-21-33(28,29)7-6-22(14)19/h2-5,8-9H,6-7,10H2,1H3,(H,20,24). The molecule has 1 N–H and O–H groups in total. The molecule has 0 radical (unpaired) electrons.